The third-order valence-corrected chi connectivity index (χ3v) is 5.61. The van der Waals surface area contributed by atoms with Crippen molar-refractivity contribution in [2.75, 3.05) is 12.0 Å². The highest BCUT2D eigenvalue weighted by atomic mass is 19.1. The fraction of sp³-hybridized carbons (Fsp3) is 0.148. The number of rotatable bonds is 6. The lowest BCUT2D eigenvalue weighted by Gasteiger charge is -2.26. The molecule has 3 aromatic rings. The number of barbiturate groups is 1. The summed E-state index contributed by atoms with van der Waals surface area (Å²) in [4.78, 5) is 38.9. The lowest BCUT2D eigenvalue weighted by Crippen LogP contribution is -2.54. The topological polar surface area (TPSA) is 75.7 Å². The SMILES string of the molecule is CCc1ccc(N2C(=O)NC(=O)/C(=C\c3ccc(Cc4cccc(F)c4)c(OC)c3)C2=O)cc1. The highest BCUT2D eigenvalue weighted by molar-refractivity contribution is 6.39. The third-order valence-electron chi connectivity index (χ3n) is 5.61. The number of carbonyl (C=O) groups is 3. The molecule has 0 radical (unpaired) electrons. The zero-order valence-corrected chi connectivity index (χ0v) is 18.8. The summed E-state index contributed by atoms with van der Waals surface area (Å²) in [6, 6.07) is 17.8. The van der Waals surface area contributed by atoms with Gasteiger partial charge in [0.1, 0.15) is 17.1 Å². The van der Waals surface area contributed by atoms with Crippen LogP contribution in [0.25, 0.3) is 6.08 Å². The monoisotopic (exact) mass is 458 g/mol. The summed E-state index contributed by atoms with van der Waals surface area (Å²) in [7, 11) is 1.51. The molecule has 6 nitrogen and oxygen atoms in total. The van der Waals surface area contributed by atoms with Crippen molar-refractivity contribution in [3.8, 4) is 5.75 Å². The Morgan fingerprint density at radius 2 is 1.74 bits per heavy atom. The minimum absolute atomic E-state index is 0.167. The van der Waals surface area contributed by atoms with E-state index in [4.69, 9.17) is 4.74 Å². The molecule has 4 rings (SSSR count). The molecule has 1 saturated heterocycles. The molecule has 0 aromatic heterocycles. The fourth-order valence-corrected chi connectivity index (χ4v) is 3.80. The van der Waals surface area contributed by atoms with Crippen LogP contribution in [0.5, 0.6) is 5.75 Å². The van der Waals surface area contributed by atoms with Crippen molar-refractivity contribution in [1.29, 1.82) is 0 Å². The van der Waals surface area contributed by atoms with Crippen LogP contribution in [0.3, 0.4) is 0 Å². The van der Waals surface area contributed by atoms with Crippen LogP contribution in [0.4, 0.5) is 14.9 Å². The Balaban J connectivity index is 1.64. The van der Waals surface area contributed by atoms with Gasteiger partial charge >= 0.3 is 6.03 Å². The van der Waals surface area contributed by atoms with Crippen molar-refractivity contribution in [3.63, 3.8) is 0 Å². The van der Waals surface area contributed by atoms with Gasteiger partial charge in [-0.15, -0.1) is 0 Å². The molecular weight excluding hydrogens is 435 g/mol. The number of amides is 4. The summed E-state index contributed by atoms with van der Waals surface area (Å²) in [6.07, 6.45) is 2.69. The Bertz CT molecular complexity index is 1300. The number of anilines is 1. The van der Waals surface area contributed by atoms with Crippen LogP contribution in [0.2, 0.25) is 0 Å². The number of urea groups is 1. The van der Waals surface area contributed by atoms with Gasteiger partial charge < -0.3 is 4.74 Å². The maximum Gasteiger partial charge on any atom is 0.335 e. The van der Waals surface area contributed by atoms with Crippen LogP contribution in [0.15, 0.2) is 72.3 Å². The van der Waals surface area contributed by atoms with E-state index in [1.807, 2.05) is 25.1 Å². The van der Waals surface area contributed by atoms with Crippen LogP contribution in [0.1, 0.15) is 29.2 Å². The molecule has 4 amide bonds. The maximum absolute atomic E-state index is 13.5. The molecule has 0 bridgehead atoms. The van der Waals surface area contributed by atoms with Crippen molar-refractivity contribution < 1.29 is 23.5 Å². The van der Waals surface area contributed by atoms with Gasteiger partial charge in [0.2, 0.25) is 0 Å². The van der Waals surface area contributed by atoms with Gasteiger partial charge in [-0.05, 0) is 65.1 Å². The minimum atomic E-state index is -0.792. The van der Waals surface area contributed by atoms with Crippen molar-refractivity contribution in [2.24, 2.45) is 0 Å². The van der Waals surface area contributed by atoms with E-state index in [0.29, 0.717) is 23.4 Å². The molecule has 1 aliphatic rings. The van der Waals surface area contributed by atoms with Gasteiger partial charge in [-0.25, -0.2) is 14.1 Å². The quantitative estimate of drug-likeness (QED) is 0.431. The molecule has 0 spiro atoms. The average molecular weight is 458 g/mol. The van der Waals surface area contributed by atoms with Crippen LogP contribution >= 0.6 is 0 Å². The van der Waals surface area contributed by atoms with E-state index in [0.717, 1.165) is 28.0 Å². The first-order chi connectivity index (χ1) is 16.4. The number of aryl methyl sites for hydroxylation is 1. The van der Waals surface area contributed by atoms with Crippen molar-refractivity contribution in [1.82, 2.24) is 5.32 Å². The second-order valence-corrected chi connectivity index (χ2v) is 7.86. The average Bonchev–Trinajstić information content (AvgIpc) is 2.83. The number of methoxy groups -OCH3 is 1. The van der Waals surface area contributed by atoms with E-state index in [1.54, 1.807) is 36.4 Å². The molecule has 0 saturated carbocycles. The number of nitrogens with one attached hydrogen (secondary N) is 1. The number of halogens is 1. The zero-order valence-electron chi connectivity index (χ0n) is 18.8. The van der Waals surface area contributed by atoms with Gasteiger partial charge in [-0.1, -0.05) is 43.3 Å². The maximum atomic E-state index is 13.5. The highest BCUT2D eigenvalue weighted by Gasteiger charge is 2.36. The molecule has 0 aliphatic carbocycles. The first-order valence-electron chi connectivity index (χ1n) is 10.8. The van der Waals surface area contributed by atoms with Crippen LogP contribution in [0, 0.1) is 5.82 Å². The first kappa shape index (κ1) is 22.9. The normalized spacial score (nSPS) is 15.0. The molecular formula is C27H23FN2O4. The van der Waals surface area contributed by atoms with Gasteiger partial charge in [0.15, 0.2) is 0 Å². The molecule has 172 valence electrons. The predicted octanol–water partition coefficient (Wildman–Crippen LogP) is 4.65. The second kappa shape index (κ2) is 9.70. The minimum Gasteiger partial charge on any atom is -0.496 e. The number of hydrogen-bond acceptors (Lipinski definition) is 4. The molecule has 34 heavy (non-hydrogen) atoms. The lowest BCUT2D eigenvalue weighted by molar-refractivity contribution is -0.122. The van der Waals surface area contributed by atoms with Crippen LogP contribution < -0.4 is 15.0 Å². The Labute approximate surface area is 196 Å². The number of carbonyl (C=O) groups excluding carboxylic acids is 3. The lowest BCUT2D eigenvalue weighted by atomic mass is 10.0. The molecule has 1 aliphatic heterocycles. The number of ether oxygens (including phenoxy) is 1. The Morgan fingerprint density at radius 1 is 0.971 bits per heavy atom. The molecule has 3 aromatic carbocycles. The van der Waals surface area contributed by atoms with Gasteiger partial charge in [-0.3, -0.25) is 14.9 Å². The van der Waals surface area contributed by atoms with E-state index >= 15 is 0 Å². The zero-order chi connectivity index (χ0) is 24.2. The van der Waals surface area contributed by atoms with Gasteiger partial charge in [0, 0.05) is 6.42 Å². The largest absolute Gasteiger partial charge is 0.496 e. The molecule has 0 unspecified atom stereocenters. The molecule has 7 heteroatoms. The van der Waals surface area contributed by atoms with Crippen molar-refractivity contribution >= 4 is 29.6 Å². The summed E-state index contributed by atoms with van der Waals surface area (Å²) in [5.41, 5.74) is 3.43. The molecule has 1 N–H and O–H groups in total. The van der Waals surface area contributed by atoms with E-state index in [1.165, 1.54) is 25.3 Å². The Hall–Kier alpha value is -4.26. The first-order valence-corrected chi connectivity index (χ1v) is 10.8. The Morgan fingerprint density at radius 3 is 2.41 bits per heavy atom. The summed E-state index contributed by atoms with van der Waals surface area (Å²) in [5, 5.41) is 2.23. The number of nitrogens with zero attached hydrogens (tertiary/aromatic N) is 1. The fourth-order valence-electron chi connectivity index (χ4n) is 3.80. The van der Waals surface area contributed by atoms with E-state index in [2.05, 4.69) is 5.32 Å². The number of benzene rings is 3. The second-order valence-electron chi connectivity index (χ2n) is 7.86. The smallest absolute Gasteiger partial charge is 0.335 e. The summed E-state index contributed by atoms with van der Waals surface area (Å²) in [6.45, 7) is 2.00. The summed E-state index contributed by atoms with van der Waals surface area (Å²) >= 11 is 0. The van der Waals surface area contributed by atoms with Crippen molar-refractivity contribution in [2.45, 2.75) is 19.8 Å². The van der Waals surface area contributed by atoms with Crippen LogP contribution in [-0.4, -0.2) is 25.0 Å². The van der Waals surface area contributed by atoms with Gasteiger partial charge in [-0.2, -0.15) is 0 Å². The van der Waals surface area contributed by atoms with E-state index in [9.17, 15) is 18.8 Å². The molecule has 1 fully saturated rings. The number of imide groups is 2. The number of hydrogen-bond donors (Lipinski definition) is 1. The third kappa shape index (κ3) is 4.73. The Kier molecular flexibility index (Phi) is 6.54. The summed E-state index contributed by atoms with van der Waals surface area (Å²) < 4.78 is 19.0. The standard InChI is InChI=1S/C27H23FN2O4/c1-3-17-8-11-22(12-9-17)30-26(32)23(25(31)29-27(30)33)15-19-7-10-20(24(16-19)34-2)13-18-5-4-6-21(28)14-18/h4-12,14-16H,3,13H2,1-2H3,(H,29,31,33)/b23-15+. The molecule has 1 heterocycles. The van der Waals surface area contributed by atoms with Gasteiger partial charge in [0.05, 0.1) is 12.8 Å². The van der Waals surface area contributed by atoms with E-state index in [-0.39, 0.29) is 11.4 Å². The highest BCUT2D eigenvalue weighted by Crippen LogP contribution is 2.27. The molecule has 0 atom stereocenters. The van der Waals surface area contributed by atoms with Crippen molar-refractivity contribution in [3.05, 3.63) is 100 Å². The summed E-state index contributed by atoms with van der Waals surface area (Å²) in [5.74, 6) is -1.26. The van der Waals surface area contributed by atoms with Crippen LogP contribution in [-0.2, 0) is 22.4 Å². The van der Waals surface area contributed by atoms with E-state index < -0.39 is 17.8 Å². The van der Waals surface area contributed by atoms with Gasteiger partial charge in [0.25, 0.3) is 11.8 Å². The predicted molar refractivity (Wildman–Crippen MR) is 127 cm³/mol.